The molecule has 1 unspecified atom stereocenters. The SMILES string of the molecule is CCCC(OC)c1ccc(C(C)(C)C)cc1. The van der Waals surface area contributed by atoms with Gasteiger partial charge in [0.1, 0.15) is 0 Å². The highest BCUT2D eigenvalue weighted by Gasteiger charge is 2.14. The van der Waals surface area contributed by atoms with Gasteiger partial charge in [-0.1, -0.05) is 58.4 Å². The number of ether oxygens (including phenoxy) is 1. The molecule has 0 saturated heterocycles. The Morgan fingerprint density at radius 1 is 1.12 bits per heavy atom. The van der Waals surface area contributed by atoms with Crippen LogP contribution in [0.1, 0.15) is 57.8 Å². The lowest BCUT2D eigenvalue weighted by molar-refractivity contribution is 0.0950. The Morgan fingerprint density at radius 3 is 2.06 bits per heavy atom. The van der Waals surface area contributed by atoms with Crippen molar-refractivity contribution in [2.24, 2.45) is 0 Å². The third-order valence-electron chi connectivity index (χ3n) is 2.98. The lowest BCUT2D eigenvalue weighted by Gasteiger charge is -2.21. The van der Waals surface area contributed by atoms with Crippen molar-refractivity contribution in [1.29, 1.82) is 0 Å². The molecule has 0 heterocycles. The predicted molar refractivity (Wildman–Crippen MR) is 69.8 cm³/mol. The molecule has 90 valence electrons. The van der Waals surface area contributed by atoms with Crippen LogP contribution in [-0.2, 0) is 10.2 Å². The van der Waals surface area contributed by atoms with Gasteiger partial charge >= 0.3 is 0 Å². The molecule has 0 aliphatic carbocycles. The van der Waals surface area contributed by atoms with Crippen molar-refractivity contribution in [3.05, 3.63) is 35.4 Å². The van der Waals surface area contributed by atoms with Crippen LogP contribution in [0.2, 0.25) is 0 Å². The summed E-state index contributed by atoms with van der Waals surface area (Å²) in [6.45, 7) is 8.90. The zero-order valence-electron chi connectivity index (χ0n) is 11.2. The number of hydrogen-bond acceptors (Lipinski definition) is 1. The second-order valence-corrected chi connectivity index (χ2v) is 5.39. The van der Waals surface area contributed by atoms with Gasteiger partial charge in [-0.05, 0) is 23.0 Å². The molecule has 0 fully saturated rings. The summed E-state index contributed by atoms with van der Waals surface area (Å²) in [6.07, 6.45) is 2.49. The molecule has 0 amide bonds. The molecular weight excluding hydrogens is 196 g/mol. The molecule has 0 bridgehead atoms. The van der Waals surface area contributed by atoms with Crippen LogP contribution in [0.25, 0.3) is 0 Å². The fourth-order valence-corrected chi connectivity index (χ4v) is 1.88. The standard InChI is InChI=1S/C15H24O/c1-6-7-14(16-5)12-8-10-13(11-9-12)15(2,3)4/h8-11,14H,6-7H2,1-5H3. The molecule has 1 rings (SSSR count). The van der Waals surface area contributed by atoms with E-state index in [9.17, 15) is 0 Å². The van der Waals surface area contributed by atoms with Gasteiger partial charge in [0.05, 0.1) is 6.10 Å². The van der Waals surface area contributed by atoms with Crippen molar-refractivity contribution in [3.63, 3.8) is 0 Å². The molecule has 0 aromatic heterocycles. The summed E-state index contributed by atoms with van der Waals surface area (Å²) in [5, 5.41) is 0. The molecule has 1 aromatic carbocycles. The highest BCUT2D eigenvalue weighted by Crippen LogP contribution is 2.26. The minimum atomic E-state index is 0.228. The van der Waals surface area contributed by atoms with Crippen molar-refractivity contribution in [2.45, 2.75) is 52.1 Å². The van der Waals surface area contributed by atoms with Crippen LogP contribution in [0.15, 0.2) is 24.3 Å². The number of rotatable bonds is 4. The van der Waals surface area contributed by atoms with E-state index in [4.69, 9.17) is 4.74 Å². The molecule has 0 saturated carbocycles. The Hall–Kier alpha value is -0.820. The molecule has 0 aliphatic heterocycles. The van der Waals surface area contributed by atoms with E-state index in [0.717, 1.165) is 12.8 Å². The highest BCUT2D eigenvalue weighted by molar-refractivity contribution is 5.28. The van der Waals surface area contributed by atoms with Crippen molar-refractivity contribution in [1.82, 2.24) is 0 Å². The third-order valence-corrected chi connectivity index (χ3v) is 2.98. The van der Waals surface area contributed by atoms with Crippen LogP contribution >= 0.6 is 0 Å². The molecule has 0 radical (unpaired) electrons. The van der Waals surface area contributed by atoms with Gasteiger partial charge in [-0.2, -0.15) is 0 Å². The summed E-state index contributed by atoms with van der Waals surface area (Å²) in [6, 6.07) is 8.84. The van der Waals surface area contributed by atoms with E-state index in [1.165, 1.54) is 11.1 Å². The monoisotopic (exact) mass is 220 g/mol. The topological polar surface area (TPSA) is 9.23 Å². The first-order chi connectivity index (χ1) is 7.49. The normalized spacial score (nSPS) is 13.8. The first-order valence-electron chi connectivity index (χ1n) is 6.12. The summed E-state index contributed by atoms with van der Waals surface area (Å²) < 4.78 is 5.50. The summed E-state index contributed by atoms with van der Waals surface area (Å²) in [4.78, 5) is 0. The molecule has 0 spiro atoms. The Morgan fingerprint density at radius 2 is 1.69 bits per heavy atom. The zero-order chi connectivity index (χ0) is 12.2. The molecule has 0 N–H and O–H groups in total. The van der Waals surface area contributed by atoms with E-state index in [-0.39, 0.29) is 11.5 Å². The molecule has 1 heteroatoms. The maximum atomic E-state index is 5.50. The maximum Gasteiger partial charge on any atom is 0.0821 e. The number of methoxy groups -OCH3 is 1. The minimum Gasteiger partial charge on any atom is -0.377 e. The highest BCUT2D eigenvalue weighted by atomic mass is 16.5. The lowest BCUT2D eigenvalue weighted by atomic mass is 9.86. The van der Waals surface area contributed by atoms with Crippen LogP contribution in [0.3, 0.4) is 0 Å². The summed E-state index contributed by atoms with van der Waals surface area (Å²) in [7, 11) is 1.79. The predicted octanol–water partition coefficient (Wildman–Crippen LogP) is 4.47. The summed E-state index contributed by atoms with van der Waals surface area (Å²) in [5.74, 6) is 0. The second kappa shape index (κ2) is 5.49. The number of benzene rings is 1. The van der Waals surface area contributed by atoms with Gasteiger partial charge in [-0.25, -0.2) is 0 Å². The van der Waals surface area contributed by atoms with Gasteiger partial charge in [0.15, 0.2) is 0 Å². The van der Waals surface area contributed by atoms with Crippen molar-refractivity contribution < 1.29 is 4.74 Å². The van der Waals surface area contributed by atoms with E-state index in [0.29, 0.717) is 0 Å². The third kappa shape index (κ3) is 3.34. The largest absolute Gasteiger partial charge is 0.377 e. The van der Waals surface area contributed by atoms with Crippen LogP contribution in [0.5, 0.6) is 0 Å². The van der Waals surface area contributed by atoms with Gasteiger partial charge in [0.2, 0.25) is 0 Å². The maximum absolute atomic E-state index is 5.50. The molecule has 1 nitrogen and oxygen atoms in total. The minimum absolute atomic E-state index is 0.228. The molecule has 1 atom stereocenters. The number of hydrogen-bond donors (Lipinski definition) is 0. The van der Waals surface area contributed by atoms with Gasteiger partial charge in [-0.3, -0.25) is 0 Å². The van der Waals surface area contributed by atoms with Crippen molar-refractivity contribution in [3.8, 4) is 0 Å². The first-order valence-corrected chi connectivity index (χ1v) is 6.12. The second-order valence-electron chi connectivity index (χ2n) is 5.39. The van der Waals surface area contributed by atoms with Gasteiger partial charge in [0, 0.05) is 7.11 Å². The van der Waals surface area contributed by atoms with E-state index < -0.39 is 0 Å². The van der Waals surface area contributed by atoms with E-state index >= 15 is 0 Å². The zero-order valence-corrected chi connectivity index (χ0v) is 11.2. The van der Waals surface area contributed by atoms with Gasteiger partial charge in [-0.15, -0.1) is 0 Å². The quantitative estimate of drug-likeness (QED) is 0.727. The lowest BCUT2D eigenvalue weighted by Crippen LogP contribution is -2.11. The van der Waals surface area contributed by atoms with E-state index in [1.54, 1.807) is 7.11 Å². The van der Waals surface area contributed by atoms with Crippen molar-refractivity contribution >= 4 is 0 Å². The molecule has 1 aromatic rings. The van der Waals surface area contributed by atoms with Crippen LogP contribution in [-0.4, -0.2) is 7.11 Å². The Labute approximate surface area is 99.8 Å². The van der Waals surface area contributed by atoms with Crippen molar-refractivity contribution in [2.75, 3.05) is 7.11 Å². The first kappa shape index (κ1) is 13.2. The smallest absolute Gasteiger partial charge is 0.0821 e. The molecule has 16 heavy (non-hydrogen) atoms. The Bertz CT molecular complexity index is 305. The van der Waals surface area contributed by atoms with Crippen LogP contribution in [0, 0.1) is 0 Å². The van der Waals surface area contributed by atoms with Crippen LogP contribution in [0.4, 0.5) is 0 Å². The average Bonchev–Trinajstić information content (AvgIpc) is 2.25. The van der Waals surface area contributed by atoms with E-state index in [2.05, 4.69) is 52.0 Å². The Balaban J connectivity index is 2.85. The van der Waals surface area contributed by atoms with Crippen LogP contribution < -0.4 is 0 Å². The fraction of sp³-hybridized carbons (Fsp3) is 0.600. The average molecular weight is 220 g/mol. The van der Waals surface area contributed by atoms with Gasteiger partial charge in [0.25, 0.3) is 0 Å². The summed E-state index contributed by atoms with van der Waals surface area (Å²) >= 11 is 0. The molecule has 0 aliphatic rings. The fourth-order valence-electron chi connectivity index (χ4n) is 1.88. The Kier molecular flexibility index (Phi) is 4.55. The summed E-state index contributed by atoms with van der Waals surface area (Å²) in [5.41, 5.74) is 2.89. The van der Waals surface area contributed by atoms with Gasteiger partial charge < -0.3 is 4.74 Å². The van der Waals surface area contributed by atoms with E-state index in [1.807, 2.05) is 0 Å². The molecular formula is C15H24O.